The molecule has 1 aliphatic heterocycles. The van der Waals surface area contributed by atoms with E-state index in [1.165, 1.54) is 31.5 Å². The number of likely N-dealkylation sites (tertiary alicyclic amines) is 1. The number of nitrogens with one attached hydrogen (secondary N) is 1. The first-order valence-electron chi connectivity index (χ1n) is 7.22. The Morgan fingerprint density at radius 3 is 2.61 bits per heavy atom. The van der Waals surface area contributed by atoms with Gasteiger partial charge in [-0.2, -0.15) is 0 Å². The molecule has 0 saturated carbocycles. The number of hydrogen-bond acceptors (Lipinski definition) is 3. The molecule has 0 bridgehead atoms. The molecule has 0 radical (unpaired) electrons. The Bertz CT molecular complexity index is 241. The van der Waals surface area contributed by atoms with Crippen LogP contribution in [0.2, 0.25) is 0 Å². The van der Waals surface area contributed by atoms with Gasteiger partial charge < -0.3 is 10.1 Å². The molecule has 3 nitrogen and oxygen atoms in total. The second kappa shape index (κ2) is 8.68. The van der Waals surface area contributed by atoms with Crippen molar-refractivity contribution in [2.45, 2.75) is 52.1 Å². The van der Waals surface area contributed by atoms with Crippen LogP contribution in [0.5, 0.6) is 0 Å². The van der Waals surface area contributed by atoms with Gasteiger partial charge in [0.25, 0.3) is 0 Å². The van der Waals surface area contributed by atoms with E-state index in [0.29, 0.717) is 12.1 Å². The van der Waals surface area contributed by atoms with Gasteiger partial charge in [0.05, 0.1) is 0 Å². The summed E-state index contributed by atoms with van der Waals surface area (Å²) in [4.78, 5) is 2.55. The van der Waals surface area contributed by atoms with Gasteiger partial charge in [-0.1, -0.05) is 11.6 Å². The van der Waals surface area contributed by atoms with Crippen molar-refractivity contribution in [1.82, 2.24) is 10.2 Å². The van der Waals surface area contributed by atoms with Crippen LogP contribution in [0.3, 0.4) is 0 Å². The Morgan fingerprint density at radius 2 is 2.06 bits per heavy atom. The molecule has 1 fully saturated rings. The van der Waals surface area contributed by atoms with E-state index in [1.54, 1.807) is 7.11 Å². The van der Waals surface area contributed by atoms with Gasteiger partial charge >= 0.3 is 0 Å². The van der Waals surface area contributed by atoms with E-state index in [1.807, 2.05) is 0 Å². The van der Waals surface area contributed by atoms with Crippen molar-refractivity contribution in [1.29, 1.82) is 0 Å². The monoisotopic (exact) mass is 254 g/mol. The number of piperidine rings is 1. The summed E-state index contributed by atoms with van der Waals surface area (Å²) in [6.45, 7) is 11.0. The summed E-state index contributed by atoms with van der Waals surface area (Å²) in [6, 6.07) is 1.26. The maximum atomic E-state index is 5.12. The van der Waals surface area contributed by atoms with Crippen molar-refractivity contribution in [2.24, 2.45) is 0 Å². The molecule has 0 spiro atoms. The molecule has 0 aromatic rings. The molecule has 0 aromatic carbocycles. The largest absolute Gasteiger partial charge is 0.385 e. The smallest absolute Gasteiger partial charge is 0.0476 e. The molecule has 0 aromatic heterocycles. The summed E-state index contributed by atoms with van der Waals surface area (Å²) in [5.41, 5.74) is 1.42. The van der Waals surface area contributed by atoms with E-state index in [4.69, 9.17) is 4.74 Å². The number of nitrogens with zero attached hydrogens (tertiary/aromatic N) is 1. The third kappa shape index (κ3) is 6.53. The first-order valence-corrected chi connectivity index (χ1v) is 7.22. The Labute approximate surface area is 113 Å². The van der Waals surface area contributed by atoms with Gasteiger partial charge in [-0.15, -0.1) is 0 Å². The molecule has 1 heterocycles. The SMILES string of the molecule is COCCC(C)NC1CCN(CC=C(C)C)CC1. The van der Waals surface area contributed by atoms with Crippen molar-refractivity contribution in [2.75, 3.05) is 33.4 Å². The third-order valence-electron chi connectivity index (χ3n) is 3.62. The second-order valence-electron chi connectivity index (χ2n) is 5.71. The standard InChI is InChI=1S/C15H30N2O/c1-13(2)5-9-17-10-6-15(7-11-17)16-14(3)8-12-18-4/h5,14-16H,6-12H2,1-4H3. The summed E-state index contributed by atoms with van der Waals surface area (Å²) >= 11 is 0. The van der Waals surface area contributed by atoms with Crippen LogP contribution < -0.4 is 5.32 Å². The highest BCUT2D eigenvalue weighted by Crippen LogP contribution is 2.11. The lowest BCUT2D eigenvalue weighted by Crippen LogP contribution is -2.45. The van der Waals surface area contributed by atoms with E-state index in [9.17, 15) is 0 Å². The lowest BCUT2D eigenvalue weighted by Gasteiger charge is -2.33. The predicted octanol–water partition coefficient (Wildman–Crippen LogP) is 2.43. The maximum absolute atomic E-state index is 5.12. The van der Waals surface area contributed by atoms with Gasteiger partial charge in [0.1, 0.15) is 0 Å². The van der Waals surface area contributed by atoms with Crippen molar-refractivity contribution >= 4 is 0 Å². The fourth-order valence-electron chi connectivity index (χ4n) is 2.37. The minimum Gasteiger partial charge on any atom is -0.385 e. The average molecular weight is 254 g/mol. The molecule has 0 aliphatic carbocycles. The minimum atomic E-state index is 0.569. The number of hydrogen-bond donors (Lipinski definition) is 1. The lowest BCUT2D eigenvalue weighted by atomic mass is 10.0. The fraction of sp³-hybridized carbons (Fsp3) is 0.867. The number of rotatable bonds is 7. The third-order valence-corrected chi connectivity index (χ3v) is 3.62. The second-order valence-corrected chi connectivity index (χ2v) is 5.71. The summed E-state index contributed by atoms with van der Waals surface area (Å²) < 4.78 is 5.12. The van der Waals surface area contributed by atoms with Gasteiger partial charge in [-0.05, 0) is 53.1 Å². The highest BCUT2D eigenvalue weighted by molar-refractivity contribution is 4.95. The molecule has 1 aliphatic rings. The Hall–Kier alpha value is -0.380. The van der Waals surface area contributed by atoms with E-state index in [2.05, 4.69) is 37.1 Å². The Morgan fingerprint density at radius 1 is 1.39 bits per heavy atom. The highest BCUT2D eigenvalue weighted by Gasteiger charge is 2.19. The van der Waals surface area contributed by atoms with E-state index in [0.717, 1.165) is 19.6 Å². The normalized spacial score (nSPS) is 19.8. The lowest BCUT2D eigenvalue weighted by molar-refractivity contribution is 0.171. The molecule has 3 heteroatoms. The molecule has 106 valence electrons. The van der Waals surface area contributed by atoms with Crippen LogP contribution >= 0.6 is 0 Å². The van der Waals surface area contributed by atoms with E-state index in [-0.39, 0.29) is 0 Å². The zero-order valence-corrected chi connectivity index (χ0v) is 12.5. The quantitative estimate of drug-likeness (QED) is 0.706. The molecule has 1 saturated heterocycles. The molecule has 1 rings (SSSR count). The van der Waals surface area contributed by atoms with Crippen molar-refractivity contribution in [3.63, 3.8) is 0 Å². The fourth-order valence-corrected chi connectivity index (χ4v) is 2.37. The molecule has 1 atom stereocenters. The first kappa shape index (κ1) is 15.7. The summed E-state index contributed by atoms with van der Waals surface area (Å²) in [6.07, 6.45) is 5.98. The average Bonchev–Trinajstić information content (AvgIpc) is 2.35. The number of methoxy groups -OCH3 is 1. The molecule has 1 N–H and O–H groups in total. The van der Waals surface area contributed by atoms with Gasteiger partial charge in [0, 0.05) is 32.3 Å². The molecule has 18 heavy (non-hydrogen) atoms. The van der Waals surface area contributed by atoms with Crippen LogP contribution in [-0.4, -0.2) is 50.3 Å². The van der Waals surface area contributed by atoms with Crippen LogP contribution in [0, 0.1) is 0 Å². The topological polar surface area (TPSA) is 24.5 Å². The predicted molar refractivity (Wildman–Crippen MR) is 78.0 cm³/mol. The summed E-state index contributed by atoms with van der Waals surface area (Å²) in [5.74, 6) is 0. The minimum absolute atomic E-state index is 0.569. The van der Waals surface area contributed by atoms with Gasteiger partial charge in [-0.3, -0.25) is 4.90 Å². The Balaban J connectivity index is 2.16. The zero-order valence-electron chi connectivity index (χ0n) is 12.5. The Kier molecular flexibility index (Phi) is 7.56. The summed E-state index contributed by atoms with van der Waals surface area (Å²) in [5, 5.41) is 3.72. The molecule has 0 amide bonds. The van der Waals surface area contributed by atoms with Crippen LogP contribution in [0.15, 0.2) is 11.6 Å². The summed E-state index contributed by atoms with van der Waals surface area (Å²) in [7, 11) is 1.77. The van der Waals surface area contributed by atoms with Crippen molar-refractivity contribution < 1.29 is 4.74 Å². The van der Waals surface area contributed by atoms with Crippen molar-refractivity contribution in [3.8, 4) is 0 Å². The van der Waals surface area contributed by atoms with Gasteiger partial charge in [-0.25, -0.2) is 0 Å². The van der Waals surface area contributed by atoms with Gasteiger partial charge in [0.2, 0.25) is 0 Å². The van der Waals surface area contributed by atoms with Crippen LogP contribution in [0.4, 0.5) is 0 Å². The molecular weight excluding hydrogens is 224 g/mol. The molecule has 1 unspecified atom stereocenters. The van der Waals surface area contributed by atoms with Crippen LogP contribution in [-0.2, 0) is 4.74 Å². The highest BCUT2D eigenvalue weighted by atomic mass is 16.5. The van der Waals surface area contributed by atoms with E-state index >= 15 is 0 Å². The van der Waals surface area contributed by atoms with Crippen molar-refractivity contribution in [3.05, 3.63) is 11.6 Å². The first-order chi connectivity index (χ1) is 8.61. The van der Waals surface area contributed by atoms with Crippen LogP contribution in [0.1, 0.15) is 40.0 Å². The number of ether oxygens (including phenoxy) is 1. The zero-order chi connectivity index (χ0) is 13.4. The molecular formula is C15H30N2O. The maximum Gasteiger partial charge on any atom is 0.0476 e. The van der Waals surface area contributed by atoms with Crippen LogP contribution in [0.25, 0.3) is 0 Å². The number of allylic oxidation sites excluding steroid dienone is 1. The van der Waals surface area contributed by atoms with E-state index < -0.39 is 0 Å². The van der Waals surface area contributed by atoms with Gasteiger partial charge in [0.15, 0.2) is 0 Å².